The molecule has 4 heteroatoms. The molecule has 1 saturated heterocycles. The Balaban J connectivity index is 1.75. The number of ketones is 2. The molecule has 1 aliphatic heterocycles. The first-order valence-corrected chi connectivity index (χ1v) is 9.70. The van der Waals surface area contributed by atoms with Crippen LogP contribution in [0.5, 0.6) is 0 Å². The topological polar surface area (TPSA) is 54.5 Å². The normalized spacial score (nSPS) is 46.8. The zero-order valence-corrected chi connectivity index (χ0v) is 16.5. The van der Waals surface area contributed by atoms with Crippen LogP contribution in [0.3, 0.4) is 0 Å². The lowest BCUT2D eigenvalue weighted by molar-refractivity contribution is -0.156. The summed E-state index contributed by atoms with van der Waals surface area (Å²) in [5, 5.41) is 0. The Labute approximate surface area is 150 Å². The van der Waals surface area contributed by atoms with Gasteiger partial charge < -0.3 is 4.90 Å². The van der Waals surface area contributed by atoms with Gasteiger partial charge in [0.1, 0.15) is 5.41 Å². The standard InChI is InChI=1S/C21H31NO3/c1-17(2)9-13-10-19(5,11-17)12-22(13)16(25)21-8-7-20(6,18(21,3)4)14(23)15(21)24/h13H,7-12H2,1-6H3. The summed E-state index contributed by atoms with van der Waals surface area (Å²) in [7, 11) is 0. The third-order valence-electron chi connectivity index (χ3n) is 8.58. The predicted molar refractivity (Wildman–Crippen MR) is 94.8 cm³/mol. The monoisotopic (exact) mass is 345 g/mol. The molecule has 1 amide bonds. The van der Waals surface area contributed by atoms with Crippen molar-refractivity contribution in [1.29, 1.82) is 0 Å². The van der Waals surface area contributed by atoms with Crippen LogP contribution < -0.4 is 0 Å². The molecule has 4 nitrogen and oxygen atoms in total. The van der Waals surface area contributed by atoms with E-state index in [4.69, 9.17) is 0 Å². The Morgan fingerprint density at radius 2 is 1.60 bits per heavy atom. The fraction of sp³-hybridized carbons (Fsp3) is 0.857. The molecule has 0 radical (unpaired) electrons. The average molecular weight is 345 g/mol. The zero-order chi connectivity index (χ0) is 18.6. The number of likely N-dealkylation sites (tertiary alicyclic amines) is 1. The van der Waals surface area contributed by atoms with Crippen LogP contribution in [0.15, 0.2) is 0 Å². The van der Waals surface area contributed by atoms with Crippen LogP contribution in [0, 0.1) is 27.1 Å². The van der Waals surface area contributed by atoms with Crippen molar-refractivity contribution < 1.29 is 14.4 Å². The molecule has 4 rings (SSSR count). The zero-order valence-electron chi connectivity index (χ0n) is 16.5. The third kappa shape index (κ3) is 1.77. The number of fused-ring (bicyclic) bond motifs is 4. The molecule has 4 atom stereocenters. The Kier molecular flexibility index (Phi) is 3.01. The largest absolute Gasteiger partial charge is 0.338 e. The molecule has 1 heterocycles. The first-order valence-electron chi connectivity index (χ1n) is 9.70. The van der Waals surface area contributed by atoms with Gasteiger partial charge in [-0.15, -0.1) is 0 Å². The van der Waals surface area contributed by atoms with Gasteiger partial charge >= 0.3 is 0 Å². The number of hydrogen-bond acceptors (Lipinski definition) is 3. The molecule has 0 spiro atoms. The summed E-state index contributed by atoms with van der Waals surface area (Å²) in [6.07, 6.45) is 4.31. The predicted octanol–water partition coefficient (Wildman–Crippen LogP) is 3.38. The van der Waals surface area contributed by atoms with Crippen LogP contribution in [-0.4, -0.2) is 35.0 Å². The van der Waals surface area contributed by atoms with Crippen molar-refractivity contribution in [3.05, 3.63) is 0 Å². The minimum atomic E-state index is -1.13. The van der Waals surface area contributed by atoms with Gasteiger partial charge in [-0.3, -0.25) is 14.4 Å². The molecule has 4 bridgehead atoms. The van der Waals surface area contributed by atoms with E-state index in [2.05, 4.69) is 20.8 Å². The molecule has 3 aliphatic carbocycles. The van der Waals surface area contributed by atoms with E-state index in [1.54, 1.807) is 0 Å². The Bertz CT molecular complexity index is 708. The molecule has 25 heavy (non-hydrogen) atoms. The second-order valence-corrected chi connectivity index (χ2v) is 11.2. The van der Waals surface area contributed by atoms with E-state index in [1.165, 1.54) is 0 Å². The molecule has 138 valence electrons. The first-order chi connectivity index (χ1) is 11.3. The number of carbonyl (C=O) groups is 3. The van der Waals surface area contributed by atoms with Gasteiger partial charge in [0.25, 0.3) is 0 Å². The molecule has 3 saturated carbocycles. The van der Waals surface area contributed by atoms with Crippen LogP contribution in [0.25, 0.3) is 0 Å². The van der Waals surface area contributed by atoms with E-state index in [1.807, 2.05) is 25.7 Å². The fourth-order valence-electron chi connectivity index (χ4n) is 7.19. The molecule has 0 aromatic carbocycles. The van der Waals surface area contributed by atoms with Crippen LogP contribution in [0.4, 0.5) is 0 Å². The second kappa shape index (κ2) is 4.37. The average Bonchev–Trinajstić information content (AvgIpc) is 2.88. The number of rotatable bonds is 1. The van der Waals surface area contributed by atoms with Gasteiger partial charge in [-0.05, 0) is 48.3 Å². The second-order valence-electron chi connectivity index (χ2n) is 11.2. The molecule has 0 aromatic rings. The lowest BCUT2D eigenvalue weighted by Crippen LogP contribution is -2.53. The lowest BCUT2D eigenvalue weighted by atomic mass is 9.64. The van der Waals surface area contributed by atoms with E-state index < -0.39 is 22.0 Å². The van der Waals surface area contributed by atoms with Gasteiger partial charge in [0.2, 0.25) is 17.5 Å². The number of Topliss-reactive ketones (excluding diaryl/α,β-unsaturated/α-hetero) is 2. The van der Waals surface area contributed by atoms with E-state index in [9.17, 15) is 14.4 Å². The van der Waals surface area contributed by atoms with Crippen molar-refractivity contribution >= 4 is 17.5 Å². The molecular weight excluding hydrogens is 314 g/mol. The van der Waals surface area contributed by atoms with Crippen LogP contribution in [0.2, 0.25) is 0 Å². The fourth-order valence-corrected chi connectivity index (χ4v) is 7.19. The lowest BCUT2D eigenvalue weighted by Gasteiger charge is -2.42. The van der Waals surface area contributed by atoms with Gasteiger partial charge in [0, 0.05) is 18.0 Å². The van der Waals surface area contributed by atoms with Gasteiger partial charge in [0.05, 0.1) is 0 Å². The highest BCUT2D eigenvalue weighted by Crippen LogP contribution is 2.70. The first kappa shape index (κ1) is 17.2. The van der Waals surface area contributed by atoms with E-state index in [0.717, 1.165) is 25.8 Å². The Hall–Kier alpha value is -1.19. The maximum atomic E-state index is 13.8. The van der Waals surface area contributed by atoms with E-state index in [0.29, 0.717) is 12.8 Å². The van der Waals surface area contributed by atoms with Crippen molar-refractivity contribution in [3.63, 3.8) is 0 Å². The summed E-state index contributed by atoms with van der Waals surface area (Å²) in [5.41, 5.74) is -2.05. The van der Waals surface area contributed by atoms with Crippen LogP contribution >= 0.6 is 0 Å². The summed E-state index contributed by atoms with van der Waals surface area (Å²) in [4.78, 5) is 41.5. The summed E-state index contributed by atoms with van der Waals surface area (Å²) in [5.74, 6) is -0.781. The molecule has 4 fully saturated rings. The Morgan fingerprint density at radius 1 is 0.960 bits per heavy atom. The van der Waals surface area contributed by atoms with Crippen molar-refractivity contribution in [1.82, 2.24) is 4.90 Å². The van der Waals surface area contributed by atoms with E-state index >= 15 is 0 Å². The number of nitrogens with zero attached hydrogens (tertiary/aromatic N) is 1. The Morgan fingerprint density at radius 3 is 2.16 bits per heavy atom. The highest BCUT2D eigenvalue weighted by Gasteiger charge is 2.78. The van der Waals surface area contributed by atoms with Gasteiger partial charge in [-0.25, -0.2) is 0 Å². The molecule has 4 aliphatic rings. The number of hydrogen-bond donors (Lipinski definition) is 0. The number of amides is 1. The SMILES string of the molecule is CC1(C)CC2CC(C)(CN2C(=O)C23CCC(C)(C(=O)C2=O)C3(C)C)C1. The van der Waals surface area contributed by atoms with Crippen molar-refractivity contribution in [2.24, 2.45) is 27.1 Å². The maximum absolute atomic E-state index is 13.8. The van der Waals surface area contributed by atoms with Gasteiger partial charge in [0.15, 0.2) is 0 Å². The van der Waals surface area contributed by atoms with Crippen molar-refractivity contribution in [2.45, 2.75) is 79.7 Å². The highest BCUT2D eigenvalue weighted by molar-refractivity contribution is 6.48. The van der Waals surface area contributed by atoms with Gasteiger partial charge in [-0.2, -0.15) is 0 Å². The molecule has 0 aromatic heterocycles. The van der Waals surface area contributed by atoms with Crippen molar-refractivity contribution in [2.75, 3.05) is 6.54 Å². The molecular formula is C21H31NO3. The summed E-state index contributed by atoms with van der Waals surface area (Å²) < 4.78 is 0. The van der Waals surface area contributed by atoms with E-state index in [-0.39, 0.29) is 28.6 Å². The van der Waals surface area contributed by atoms with Crippen LogP contribution in [0.1, 0.15) is 73.6 Å². The number of carbonyl (C=O) groups excluding carboxylic acids is 3. The molecule has 0 N–H and O–H groups in total. The summed E-state index contributed by atoms with van der Waals surface area (Å²) in [6.45, 7) is 13.4. The van der Waals surface area contributed by atoms with Crippen molar-refractivity contribution in [3.8, 4) is 0 Å². The molecule has 4 unspecified atom stereocenters. The smallest absolute Gasteiger partial charge is 0.237 e. The minimum Gasteiger partial charge on any atom is -0.338 e. The summed E-state index contributed by atoms with van der Waals surface area (Å²) >= 11 is 0. The third-order valence-corrected chi connectivity index (χ3v) is 8.58. The quantitative estimate of drug-likeness (QED) is 0.541. The maximum Gasteiger partial charge on any atom is 0.237 e. The summed E-state index contributed by atoms with van der Waals surface area (Å²) in [6, 6.07) is 0.210. The van der Waals surface area contributed by atoms with Crippen LogP contribution in [-0.2, 0) is 14.4 Å². The minimum absolute atomic E-state index is 0.0523. The highest BCUT2D eigenvalue weighted by atomic mass is 16.2. The van der Waals surface area contributed by atoms with Gasteiger partial charge in [-0.1, -0.05) is 41.5 Å².